The van der Waals surface area contributed by atoms with E-state index in [0.717, 1.165) is 0 Å². The third-order valence-corrected chi connectivity index (χ3v) is 4.44. The second kappa shape index (κ2) is 6.79. The lowest BCUT2D eigenvalue weighted by Gasteiger charge is -2.18. The number of anilines is 2. The van der Waals surface area contributed by atoms with Crippen LogP contribution in [0.4, 0.5) is 15.8 Å². The van der Waals surface area contributed by atoms with Gasteiger partial charge in [0.1, 0.15) is 5.82 Å². The number of carbonyl (C=O) groups excluding carboxylic acids is 2. The highest BCUT2D eigenvalue weighted by Gasteiger charge is 2.35. The third kappa shape index (κ3) is 3.37. The van der Waals surface area contributed by atoms with Crippen molar-refractivity contribution >= 4 is 46.4 Å². The summed E-state index contributed by atoms with van der Waals surface area (Å²) < 4.78 is 13.2. The summed E-state index contributed by atoms with van der Waals surface area (Å²) in [5, 5.41) is 3.04. The van der Waals surface area contributed by atoms with Gasteiger partial charge in [0.05, 0.1) is 21.7 Å². The predicted octanol–water partition coefficient (Wildman–Crippen LogP) is 4.12. The van der Waals surface area contributed by atoms with Crippen molar-refractivity contribution in [2.45, 2.75) is 6.42 Å². The Labute approximate surface area is 148 Å². The smallest absolute Gasteiger partial charge is 0.229 e. The van der Waals surface area contributed by atoms with E-state index in [2.05, 4.69) is 5.32 Å². The summed E-state index contributed by atoms with van der Waals surface area (Å²) in [7, 11) is 0. The number of halogens is 3. The Morgan fingerprint density at radius 2 is 1.92 bits per heavy atom. The largest absolute Gasteiger partial charge is 0.326 e. The monoisotopic (exact) mass is 366 g/mol. The van der Waals surface area contributed by atoms with Crippen molar-refractivity contribution < 1.29 is 14.0 Å². The van der Waals surface area contributed by atoms with E-state index in [1.807, 2.05) is 0 Å². The van der Waals surface area contributed by atoms with Gasteiger partial charge < -0.3 is 10.2 Å². The van der Waals surface area contributed by atoms with Crippen molar-refractivity contribution in [3.8, 4) is 0 Å². The van der Waals surface area contributed by atoms with Crippen LogP contribution in [0.15, 0.2) is 42.5 Å². The van der Waals surface area contributed by atoms with Gasteiger partial charge in [-0.25, -0.2) is 4.39 Å². The van der Waals surface area contributed by atoms with Gasteiger partial charge in [0, 0.05) is 18.7 Å². The Morgan fingerprint density at radius 1 is 1.17 bits per heavy atom. The molecule has 1 aliphatic rings. The van der Waals surface area contributed by atoms with Gasteiger partial charge in [-0.05, 0) is 30.3 Å². The molecule has 124 valence electrons. The molecule has 3 rings (SSSR count). The van der Waals surface area contributed by atoms with E-state index >= 15 is 0 Å². The van der Waals surface area contributed by atoms with Crippen LogP contribution < -0.4 is 10.2 Å². The van der Waals surface area contributed by atoms with Gasteiger partial charge in [-0.3, -0.25) is 9.59 Å². The van der Waals surface area contributed by atoms with Crippen LogP contribution in [0, 0.1) is 11.7 Å². The van der Waals surface area contributed by atoms with Gasteiger partial charge in [0.2, 0.25) is 11.8 Å². The Kier molecular flexibility index (Phi) is 4.73. The van der Waals surface area contributed by atoms with Crippen molar-refractivity contribution in [3.05, 3.63) is 58.3 Å². The molecule has 2 aromatic carbocycles. The molecule has 0 aromatic heterocycles. The molecule has 0 bridgehead atoms. The highest BCUT2D eigenvalue weighted by atomic mass is 35.5. The standard InChI is InChI=1S/C17H13Cl2FN2O2/c18-12-3-1-2-4-15(12)22-9-10(7-16(22)23)17(24)21-11-5-6-14(20)13(19)8-11/h1-6,8,10H,7,9H2,(H,21,24)/t10-/m0/s1. The highest BCUT2D eigenvalue weighted by Crippen LogP contribution is 2.31. The maximum atomic E-state index is 13.2. The van der Waals surface area contributed by atoms with E-state index in [-0.39, 0.29) is 29.8 Å². The lowest BCUT2D eigenvalue weighted by Crippen LogP contribution is -2.28. The number of nitrogens with zero attached hydrogens (tertiary/aromatic N) is 1. The van der Waals surface area contributed by atoms with Crippen LogP contribution >= 0.6 is 23.2 Å². The van der Waals surface area contributed by atoms with Gasteiger partial charge >= 0.3 is 0 Å². The number of benzene rings is 2. The average molecular weight is 367 g/mol. The number of amides is 2. The lowest BCUT2D eigenvalue weighted by atomic mass is 10.1. The normalized spacial score (nSPS) is 17.2. The molecule has 4 nitrogen and oxygen atoms in total. The molecule has 1 heterocycles. The van der Waals surface area contributed by atoms with E-state index < -0.39 is 11.7 Å². The van der Waals surface area contributed by atoms with Crippen LogP contribution in [0.2, 0.25) is 10.0 Å². The molecule has 0 unspecified atom stereocenters. The summed E-state index contributed by atoms with van der Waals surface area (Å²) in [5.74, 6) is -1.56. The van der Waals surface area contributed by atoms with Gasteiger partial charge in [0.25, 0.3) is 0 Å². The van der Waals surface area contributed by atoms with Crippen molar-refractivity contribution in [2.75, 3.05) is 16.8 Å². The Morgan fingerprint density at radius 3 is 2.62 bits per heavy atom. The van der Waals surface area contributed by atoms with E-state index in [1.54, 1.807) is 24.3 Å². The second-order valence-corrected chi connectivity index (χ2v) is 6.29. The van der Waals surface area contributed by atoms with Crippen LogP contribution in [-0.4, -0.2) is 18.4 Å². The molecule has 0 radical (unpaired) electrons. The molecule has 0 saturated carbocycles. The summed E-state index contributed by atoms with van der Waals surface area (Å²) in [5.41, 5.74) is 0.972. The van der Waals surface area contributed by atoms with Crippen molar-refractivity contribution in [1.82, 2.24) is 0 Å². The molecule has 2 amide bonds. The molecule has 0 spiro atoms. The Hall–Kier alpha value is -2.11. The summed E-state index contributed by atoms with van der Waals surface area (Å²) in [4.78, 5) is 26.1. The topological polar surface area (TPSA) is 49.4 Å². The minimum absolute atomic E-state index is 0.0759. The molecule has 24 heavy (non-hydrogen) atoms. The van der Waals surface area contributed by atoms with Crippen LogP contribution in [0.1, 0.15) is 6.42 Å². The van der Waals surface area contributed by atoms with E-state index in [0.29, 0.717) is 16.4 Å². The lowest BCUT2D eigenvalue weighted by molar-refractivity contribution is -0.122. The number of rotatable bonds is 3. The summed E-state index contributed by atoms with van der Waals surface area (Å²) in [6, 6.07) is 10.9. The number of para-hydroxylation sites is 1. The number of hydrogen-bond acceptors (Lipinski definition) is 2. The highest BCUT2D eigenvalue weighted by molar-refractivity contribution is 6.34. The zero-order valence-corrected chi connectivity index (χ0v) is 13.9. The number of hydrogen-bond donors (Lipinski definition) is 1. The molecule has 1 atom stereocenters. The van der Waals surface area contributed by atoms with Crippen molar-refractivity contribution in [1.29, 1.82) is 0 Å². The van der Waals surface area contributed by atoms with Crippen LogP contribution in [0.5, 0.6) is 0 Å². The summed E-state index contributed by atoms with van der Waals surface area (Å²) >= 11 is 11.8. The molecule has 1 aliphatic heterocycles. The Bertz CT molecular complexity index is 813. The van der Waals surface area contributed by atoms with E-state index in [9.17, 15) is 14.0 Å². The number of carbonyl (C=O) groups is 2. The first-order valence-electron chi connectivity index (χ1n) is 7.26. The Balaban J connectivity index is 1.72. The van der Waals surface area contributed by atoms with Gasteiger partial charge in [-0.1, -0.05) is 35.3 Å². The number of nitrogens with one attached hydrogen (secondary N) is 1. The molecular weight excluding hydrogens is 354 g/mol. The first kappa shape index (κ1) is 16.7. The van der Waals surface area contributed by atoms with Crippen LogP contribution in [0.25, 0.3) is 0 Å². The van der Waals surface area contributed by atoms with Crippen LogP contribution in [0.3, 0.4) is 0 Å². The van der Waals surface area contributed by atoms with E-state index in [4.69, 9.17) is 23.2 Å². The van der Waals surface area contributed by atoms with Gasteiger partial charge in [0.15, 0.2) is 0 Å². The summed E-state index contributed by atoms with van der Waals surface area (Å²) in [6.45, 7) is 0.239. The minimum atomic E-state index is -0.560. The van der Waals surface area contributed by atoms with Crippen molar-refractivity contribution in [3.63, 3.8) is 0 Å². The second-order valence-electron chi connectivity index (χ2n) is 5.47. The minimum Gasteiger partial charge on any atom is -0.326 e. The quantitative estimate of drug-likeness (QED) is 0.887. The maximum absolute atomic E-state index is 13.2. The van der Waals surface area contributed by atoms with Gasteiger partial charge in [-0.15, -0.1) is 0 Å². The van der Waals surface area contributed by atoms with Crippen molar-refractivity contribution in [2.24, 2.45) is 5.92 Å². The predicted molar refractivity (Wildman–Crippen MR) is 92.0 cm³/mol. The fraction of sp³-hybridized carbons (Fsp3) is 0.176. The maximum Gasteiger partial charge on any atom is 0.229 e. The molecule has 1 fully saturated rings. The summed E-state index contributed by atoms with van der Waals surface area (Å²) in [6.07, 6.45) is 0.0893. The average Bonchev–Trinajstić information content (AvgIpc) is 2.93. The molecule has 2 aromatic rings. The fourth-order valence-electron chi connectivity index (χ4n) is 2.60. The molecular formula is C17H13Cl2FN2O2. The van der Waals surface area contributed by atoms with E-state index in [1.165, 1.54) is 23.1 Å². The van der Waals surface area contributed by atoms with Crippen LogP contribution in [-0.2, 0) is 9.59 Å². The molecule has 0 aliphatic carbocycles. The molecule has 1 saturated heterocycles. The third-order valence-electron chi connectivity index (χ3n) is 3.83. The first-order chi connectivity index (χ1) is 11.5. The molecule has 1 N–H and O–H groups in total. The fourth-order valence-corrected chi connectivity index (χ4v) is 3.02. The van der Waals surface area contributed by atoms with Gasteiger partial charge in [-0.2, -0.15) is 0 Å². The zero-order valence-electron chi connectivity index (χ0n) is 12.4. The first-order valence-corrected chi connectivity index (χ1v) is 8.02. The molecule has 7 heteroatoms. The SMILES string of the molecule is O=C(Nc1ccc(F)c(Cl)c1)[C@H]1CC(=O)N(c2ccccc2Cl)C1. The zero-order chi connectivity index (χ0) is 17.3.